The molecule has 2 heterocycles. The summed E-state index contributed by atoms with van der Waals surface area (Å²) in [7, 11) is 0. The fourth-order valence-corrected chi connectivity index (χ4v) is 4.67. The highest BCUT2D eigenvalue weighted by Crippen LogP contribution is 2.29. The normalized spacial score (nSPS) is 14.9. The van der Waals surface area contributed by atoms with E-state index < -0.39 is 11.9 Å². The van der Waals surface area contributed by atoms with Crippen molar-refractivity contribution in [1.82, 2.24) is 19.7 Å². The van der Waals surface area contributed by atoms with E-state index in [0.717, 1.165) is 24.5 Å². The molecule has 1 unspecified atom stereocenters. The SMILES string of the molecule is CC(Sc1nnc(CN2CCCC2)n1Cc1ccccc1)C(=O)Nc1ccccc1OC(F)F. The number of nitrogens with one attached hydrogen (secondary N) is 1. The van der Waals surface area contributed by atoms with E-state index in [9.17, 15) is 13.6 Å². The van der Waals surface area contributed by atoms with Crippen molar-refractivity contribution < 1.29 is 18.3 Å². The highest BCUT2D eigenvalue weighted by atomic mass is 32.2. The molecule has 1 aromatic heterocycles. The lowest BCUT2D eigenvalue weighted by atomic mass is 10.2. The average molecular weight is 488 g/mol. The van der Waals surface area contributed by atoms with Crippen LogP contribution in [0.1, 0.15) is 31.2 Å². The van der Waals surface area contributed by atoms with Gasteiger partial charge in [0.05, 0.1) is 24.0 Å². The first-order chi connectivity index (χ1) is 16.5. The van der Waals surface area contributed by atoms with Crippen molar-refractivity contribution in [2.45, 2.75) is 49.9 Å². The molecule has 0 radical (unpaired) electrons. The maximum Gasteiger partial charge on any atom is 0.387 e. The summed E-state index contributed by atoms with van der Waals surface area (Å²) in [5.41, 5.74) is 1.31. The molecule has 1 atom stereocenters. The van der Waals surface area contributed by atoms with Gasteiger partial charge in [0.1, 0.15) is 11.6 Å². The Balaban J connectivity index is 1.49. The molecule has 180 valence electrons. The minimum absolute atomic E-state index is 0.0804. The van der Waals surface area contributed by atoms with E-state index in [1.54, 1.807) is 19.1 Å². The molecule has 0 aliphatic carbocycles. The molecule has 2 aromatic carbocycles. The van der Waals surface area contributed by atoms with E-state index in [0.29, 0.717) is 18.2 Å². The fraction of sp³-hybridized carbons (Fsp3) is 0.375. The molecule has 1 saturated heterocycles. The van der Waals surface area contributed by atoms with Crippen molar-refractivity contribution in [1.29, 1.82) is 0 Å². The summed E-state index contributed by atoms with van der Waals surface area (Å²) < 4.78 is 32.0. The number of nitrogens with zero attached hydrogens (tertiary/aromatic N) is 4. The summed E-state index contributed by atoms with van der Waals surface area (Å²) >= 11 is 1.29. The molecule has 0 spiro atoms. The van der Waals surface area contributed by atoms with Gasteiger partial charge >= 0.3 is 6.61 Å². The zero-order valence-corrected chi connectivity index (χ0v) is 19.7. The number of amides is 1. The Hall–Kier alpha value is -2.98. The lowest BCUT2D eigenvalue weighted by Crippen LogP contribution is -2.24. The first-order valence-electron chi connectivity index (χ1n) is 11.2. The largest absolute Gasteiger partial charge is 0.433 e. The fourth-order valence-electron chi connectivity index (χ4n) is 3.80. The van der Waals surface area contributed by atoms with Gasteiger partial charge in [-0.25, -0.2) is 0 Å². The number of hydrogen-bond acceptors (Lipinski definition) is 6. The zero-order chi connectivity index (χ0) is 23.9. The number of carbonyl (C=O) groups is 1. The first kappa shape index (κ1) is 24.2. The molecule has 0 saturated carbocycles. The van der Waals surface area contributed by atoms with E-state index in [1.807, 2.05) is 30.3 Å². The molecule has 1 N–H and O–H groups in total. The maximum atomic E-state index is 12.9. The number of thioether (sulfide) groups is 1. The quantitative estimate of drug-likeness (QED) is 0.420. The molecule has 10 heteroatoms. The lowest BCUT2D eigenvalue weighted by molar-refractivity contribution is -0.115. The molecule has 1 fully saturated rings. The van der Waals surface area contributed by atoms with Gasteiger partial charge in [-0.3, -0.25) is 9.69 Å². The number of alkyl halides is 2. The molecular weight excluding hydrogens is 460 g/mol. The van der Waals surface area contributed by atoms with Gasteiger partial charge in [0.15, 0.2) is 5.16 Å². The van der Waals surface area contributed by atoms with Crippen LogP contribution in [0.5, 0.6) is 5.75 Å². The van der Waals surface area contributed by atoms with Crippen LogP contribution in [0.4, 0.5) is 14.5 Å². The van der Waals surface area contributed by atoms with Crippen LogP contribution in [0.2, 0.25) is 0 Å². The zero-order valence-electron chi connectivity index (χ0n) is 18.9. The smallest absolute Gasteiger partial charge is 0.387 e. The third kappa shape index (κ3) is 6.32. The number of para-hydroxylation sites is 2. The molecule has 1 aliphatic rings. The van der Waals surface area contributed by atoms with Crippen molar-refractivity contribution in [3.05, 3.63) is 66.0 Å². The number of anilines is 1. The number of likely N-dealkylation sites (tertiary alicyclic amines) is 1. The number of rotatable bonds is 10. The predicted molar refractivity (Wildman–Crippen MR) is 127 cm³/mol. The number of benzene rings is 2. The van der Waals surface area contributed by atoms with Crippen molar-refractivity contribution in [2.24, 2.45) is 0 Å². The summed E-state index contributed by atoms with van der Waals surface area (Å²) in [4.78, 5) is 15.2. The Morgan fingerprint density at radius 3 is 2.50 bits per heavy atom. The van der Waals surface area contributed by atoms with E-state index in [-0.39, 0.29) is 17.3 Å². The number of carbonyl (C=O) groups excluding carboxylic acids is 1. The Morgan fingerprint density at radius 2 is 1.76 bits per heavy atom. The predicted octanol–water partition coefficient (Wildman–Crippen LogP) is 4.64. The second-order valence-corrected chi connectivity index (χ2v) is 9.39. The minimum Gasteiger partial charge on any atom is -0.433 e. The van der Waals surface area contributed by atoms with Gasteiger partial charge < -0.3 is 14.6 Å². The van der Waals surface area contributed by atoms with Gasteiger partial charge in [-0.2, -0.15) is 8.78 Å². The highest BCUT2D eigenvalue weighted by molar-refractivity contribution is 8.00. The van der Waals surface area contributed by atoms with Crippen molar-refractivity contribution in [2.75, 3.05) is 18.4 Å². The Labute approximate surface area is 201 Å². The lowest BCUT2D eigenvalue weighted by Gasteiger charge is -2.17. The van der Waals surface area contributed by atoms with Gasteiger partial charge in [-0.1, -0.05) is 54.2 Å². The Kier molecular flexibility index (Phi) is 8.12. The number of aromatic nitrogens is 3. The molecule has 1 amide bonds. The van der Waals surface area contributed by atoms with Crippen LogP contribution >= 0.6 is 11.8 Å². The van der Waals surface area contributed by atoms with Crippen LogP contribution in [0, 0.1) is 0 Å². The number of halogens is 2. The van der Waals surface area contributed by atoms with E-state index >= 15 is 0 Å². The Morgan fingerprint density at radius 1 is 1.06 bits per heavy atom. The molecule has 7 nitrogen and oxygen atoms in total. The Bertz CT molecular complexity index is 1090. The van der Waals surface area contributed by atoms with Gasteiger partial charge in [0, 0.05) is 0 Å². The van der Waals surface area contributed by atoms with Crippen molar-refractivity contribution >= 4 is 23.4 Å². The van der Waals surface area contributed by atoms with Gasteiger partial charge in [0.2, 0.25) is 5.91 Å². The van der Waals surface area contributed by atoms with Crippen LogP contribution in [-0.2, 0) is 17.9 Å². The van der Waals surface area contributed by atoms with Crippen LogP contribution in [0.15, 0.2) is 59.8 Å². The molecule has 34 heavy (non-hydrogen) atoms. The highest BCUT2D eigenvalue weighted by Gasteiger charge is 2.23. The third-order valence-corrected chi connectivity index (χ3v) is 6.63. The van der Waals surface area contributed by atoms with E-state index in [4.69, 9.17) is 0 Å². The topological polar surface area (TPSA) is 72.3 Å². The summed E-state index contributed by atoms with van der Waals surface area (Å²) in [6.07, 6.45) is 2.37. The summed E-state index contributed by atoms with van der Waals surface area (Å²) in [5.74, 6) is 0.436. The molecule has 1 aliphatic heterocycles. The van der Waals surface area contributed by atoms with Gasteiger partial charge in [0.25, 0.3) is 0 Å². The second-order valence-electron chi connectivity index (χ2n) is 8.08. The van der Waals surface area contributed by atoms with Crippen LogP contribution in [-0.4, -0.2) is 50.5 Å². The third-order valence-electron chi connectivity index (χ3n) is 5.55. The monoisotopic (exact) mass is 487 g/mol. The number of hydrogen-bond donors (Lipinski definition) is 1. The first-order valence-corrected chi connectivity index (χ1v) is 12.1. The van der Waals surface area contributed by atoms with Gasteiger partial charge in [-0.15, -0.1) is 10.2 Å². The second kappa shape index (κ2) is 11.4. The van der Waals surface area contributed by atoms with Crippen molar-refractivity contribution in [3.8, 4) is 5.75 Å². The minimum atomic E-state index is -2.98. The van der Waals surface area contributed by atoms with Crippen molar-refractivity contribution in [3.63, 3.8) is 0 Å². The number of ether oxygens (including phenoxy) is 1. The van der Waals surface area contributed by atoms with Crippen LogP contribution in [0.3, 0.4) is 0 Å². The van der Waals surface area contributed by atoms with Crippen LogP contribution in [0.25, 0.3) is 0 Å². The summed E-state index contributed by atoms with van der Waals surface area (Å²) in [6, 6.07) is 16.2. The standard InChI is InChI=1S/C24H27F2N5O2S/c1-17(22(32)27-19-11-5-6-12-20(19)33-23(25)26)34-24-29-28-21(16-30-13-7-8-14-30)31(24)15-18-9-3-2-4-10-18/h2-6,9-12,17,23H,7-8,13-16H2,1H3,(H,27,32). The summed E-state index contributed by atoms with van der Waals surface area (Å²) in [5, 5.41) is 11.6. The van der Waals surface area contributed by atoms with Gasteiger partial charge in [-0.05, 0) is 50.6 Å². The maximum absolute atomic E-state index is 12.9. The average Bonchev–Trinajstić information content (AvgIpc) is 3.46. The summed E-state index contributed by atoms with van der Waals surface area (Å²) in [6.45, 7) is 2.16. The molecular formula is C24H27F2N5O2S. The van der Waals surface area contributed by atoms with E-state index in [1.165, 1.54) is 36.7 Å². The van der Waals surface area contributed by atoms with E-state index in [2.05, 4.69) is 29.7 Å². The van der Waals surface area contributed by atoms with Crippen LogP contribution < -0.4 is 10.1 Å². The molecule has 0 bridgehead atoms. The molecule has 4 rings (SSSR count). The molecule has 3 aromatic rings.